The second-order valence-corrected chi connectivity index (χ2v) is 3.79. The van der Waals surface area contributed by atoms with Gasteiger partial charge in [0.05, 0.1) is 0 Å². The number of aromatic nitrogens is 1. The minimum absolute atomic E-state index is 0.149. The first-order chi connectivity index (χ1) is 9.11. The fraction of sp³-hybridized carbons (Fsp3) is 0.308. The van der Waals surface area contributed by atoms with Crippen LogP contribution in [0.1, 0.15) is 18.4 Å². The van der Waals surface area contributed by atoms with Crippen molar-refractivity contribution in [1.29, 1.82) is 0 Å². The van der Waals surface area contributed by atoms with Crippen molar-refractivity contribution in [3.05, 3.63) is 30.0 Å². The van der Waals surface area contributed by atoms with Crippen LogP contribution in [0.4, 0.5) is 5.82 Å². The van der Waals surface area contributed by atoms with Gasteiger partial charge in [0.15, 0.2) is 0 Å². The van der Waals surface area contributed by atoms with E-state index in [1.54, 1.807) is 19.2 Å². The summed E-state index contributed by atoms with van der Waals surface area (Å²) in [4.78, 5) is 25.9. The number of hydrogen-bond acceptors (Lipinski definition) is 4. The number of ether oxygens (including phenoxy) is 1. The molecule has 1 heterocycles. The monoisotopic (exact) mass is 264 g/mol. The highest BCUT2D eigenvalue weighted by atomic mass is 16.5. The van der Waals surface area contributed by atoms with Crippen LogP contribution in [-0.2, 0) is 14.3 Å². The number of hydrogen-bond donors (Lipinski definition) is 2. The van der Waals surface area contributed by atoms with Crippen LogP contribution in [0.2, 0.25) is 0 Å². The van der Waals surface area contributed by atoms with Crippen LogP contribution in [0, 0.1) is 0 Å². The number of carboxylic acid groups (broad SMARTS) is 1. The number of anilines is 1. The Labute approximate surface area is 111 Å². The number of nitrogens with one attached hydrogen (secondary N) is 1. The molecule has 0 atom stereocenters. The number of nitrogens with zero attached hydrogens (tertiary/aromatic N) is 1. The van der Waals surface area contributed by atoms with E-state index in [9.17, 15) is 9.59 Å². The molecule has 0 aromatic carbocycles. The van der Waals surface area contributed by atoms with Crippen molar-refractivity contribution >= 4 is 23.8 Å². The Morgan fingerprint density at radius 3 is 3.00 bits per heavy atom. The van der Waals surface area contributed by atoms with Crippen molar-refractivity contribution < 1.29 is 19.4 Å². The van der Waals surface area contributed by atoms with E-state index < -0.39 is 5.97 Å². The van der Waals surface area contributed by atoms with Gasteiger partial charge in [0, 0.05) is 32.4 Å². The van der Waals surface area contributed by atoms with E-state index in [1.165, 1.54) is 12.3 Å². The summed E-state index contributed by atoms with van der Waals surface area (Å²) in [6, 6.07) is 3.26. The number of carbonyl (C=O) groups excluding carboxylic acids is 1. The zero-order valence-corrected chi connectivity index (χ0v) is 10.6. The molecule has 0 radical (unpaired) electrons. The number of carbonyl (C=O) groups is 2. The van der Waals surface area contributed by atoms with Crippen LogP contribution in [-0.4, -0.2) is 35.7 Å². The smallest absolute Gasteiger partial charge is 0.328 e. The first kappa shape index (κ1) is 14.8. The molecule has 1 aromatic heterocycles. The van der Waals surface area contributed by atoms with Crippen molar-refractivity contribution in [3.63, 3.8) is 0 Å². The Morgan fingerprint density at radius 2 is 2.32 bits per heavy atom. The molecular weight excluding hydrogens is 248 g/mol. The number of pyridine rings is 1. The number of amides is 1. The van der Waals surface area contributed by atoms with E-state index in [2.05, 4.69) is 10.3 Å². The van der Waals surface area contributed by atoms with Gasteiger partial charge in [-0.2, -0.15) is 0 Å². The predicted octanol–water partition coefficient (Wildman–Crippen LogP) is 1.54. The highest BCUT2D eigenvalue weighted by molar-refractivity contribution is 5.90. The van der Waals surface area contributed by atoms with Crippen LogP contribution >= 0.6 is 0 Å². The molecule has 0 bridgehead atoms. The van der Waals surface area contributed by atoms with Crippen molar-refractivity contribution in [2.75, 3.05) is 19.0 Å². The summed E-state index contributed by atoms with van der Waals surface area (Å²) in [7, 11) is 1.58. The Balaban J connectivity index is 2.56. The lowest BCUT2D eigenvalue weighted by Gasteiger charge is -2.04. The molecule has 0 unspecified atom stereocenters. The molecule has 0 saturated carbocycles. The third-order valence-corrected chi connectivity index (χ3v) is 2.22. The molecule has 0 saturated heterocycles. The number of methoxy groups -OCH3 is 1. The maximum atomic E-state index is 11.5. The molecule has 0 aliphatic rings. The van der Waals surface area contributed by atoms with Gasteiger partial charge in [-0.3, -0.25) is 4.79 Å². The molecule has 0 aliphatic carbocycles. The zero-order valence-electron chi connectivity index (χ0n) is 10.6. The molecule has 6 nitrogen and oxygen atoms in total. The van der Waals surface area contributed by atoms with Crippen LogP contribution in [0.3, 0.4) is 0 Å². The van der Waals surface area contributed by atoms with E-state index in [0.29, 0.717) is 30.8 Å². The molecule has 1 rings (SSSR count). The molecule has 1 aromatic rings. The van der Waals surface area contributed by atoms with Crippen molar-refractivity contribution in [3.8, 4) is 0 Å². The summed E-state index contributed by atoms with van der Waals surface area (Å²) in [6.07, 6.45) is 4.96. The first-order valence-corrected chi connectivity index (χ1v) is 5.77. The SMILES string of the molecule is COCCCC(=O)Nc1cc(/C=C/C(=O)O)ccn1. The molecule has 0 fully saturated rings. The number of aliphatic carboxylic acids is 1. The average Bonchev–Trinajstić information content (AvgIpc) is 2.37. The van der Waals surface area contributed by atoms with Gasteiger partial charge in [-0.05, 0) is 30.2 Å². The van der Waals surface area contributed by atoms with Gasteiger partial charge >= 0.3 is 5.97 Å². The van der Waals surface area contributed by atoms with Crippen molar-refractivity contribution in [2.45, 2.75) is 12.8 Å². The van der Waals surface area contributed by atoms with E-state index in [4.69, 9.17) is 9.84 Å². The van der Waals surface area contributed by atoms with Gasteiger partial charge in [0.2, 0.25) is 5.91 Å². The van der Waals surface area contributed by atoms with Crippen LogP contribution in [0.25, 0.3) is 6.08 Å². The predicted molar refractivity (Wildman–Crippen MR) is 70.6 cm³/mol. The van der Waals surface area contributed by atoms with Crippen molar-refractivity contribution in [2.24, 2.45) is 0 Å². The summed E-state index contributed by atoms with van der Waals surface area (Å²) in [5.41, 5.74) is 0.657. The summed E-state index contributed by atoms with van der Waals surface area (Å²) in [5.74, 6) is -0.777. The van der Waals surface area contributed by atoms with Gasteiger partial charge in [0.25, 0.3) is 0 Å². The van der Waals surface area contributed by atoms with Crippen LogP contribution in [0.15, 0.2) is 24.4 Å². The summed E-state index contributed by atoms with van der Waals surface area (Å²) in [6.45, 7) is 0.530. The highest BCUT2D eigenvalue weighted by Gasteiger charge is 2.03. The maximum Gasteiger partial charge on any atom is 0.328 e. The molecule has 102 valence electrons. The summed E-state index contributed by atoms with van der Waals surface area (Å²) in [5, 5.41) is 11.2. The second kappa shape index (κ2) is 7.99. The Bertz CT molecular complexity index is 471. The molecule has 1 amide bonds. The lowest BCUT2D eigenvalue weighted by molar-refractivity contribution is -0.131. The Hall–Kier alpha value is -2.21. The largest absolute Gasteiger partial charge is 0.478 e. The normalized spacial score (nSPS) is 10.6. The lowest BCUT2D eigenvalue weighted by atomic mass is 10.2. The third-order valence-electron chi connectivity index (χ3n) is 2.22. The molecule has 6 heteroatoms. The van der Waals surface area contributed by atoms with Crippen LogP contribution < -0.4 is 5.32 Å². The van der Waals surface area contributed by atoms with E-state index in [-0.39, 0.29) is 5.91 Å². The molecule has 0 spiro atoms. The molecule has 2 N–H and O–H groups in total. The summed E-state index contributed by atoms with van der Waals surface area (Å²) >= 11 is 0. The molecule has 19 heavy (non-hydrogen) atoms. The number of rotatable bonds is 7. The van der Waals surface area contributed by atoms with Gasteiger partial charge < -0.3 is 15.2 Å². The fourth-order valence-corrected chi connectivity index (χ4v) is 1.37. The Kier molecular flexibility index (Phi) is 6.25. The van der Waals surface area contributed by atoms with E-state index >= 15 is 0 Å². The van der Waals surface area contributed by atoms with Gasteiger partial charge in [0.1, 0.15) is 5.82 Å². The standard InChI is InChI=1S/C13H16N2O4/c1-19-8-2-3-12(16)15-11-9-10(6-7-14-11)4-5-13(17)18/h4-7,9H,2-3,8H2,1H3,(H,17,18)(H,14,15,16)/b5-4+. The Morgan fingerprint density at radius 1 is 1.53 bits per heavy atom. The zero-order chi connectivity index (χ0) is 14.1. The third kappa shape index (κ3) is 6.32. The maximum absolute atomic E-state index is 11.5. The molecule has 0 aliphatic heterocycles. The number of carboxylic acids is 1. The van der Waals surface area contributed by atoms with Gasteiger partial charge in [-0.1, -0.05) is 0 Å². The van der Waals surface area contributed by atoms with Gasteiger partial charge in [-0.15, -0.1) is 0 Å². The highest BCUT2D eigenvalue weighted by Crippen LogP contribution is 2.09. The second-order valence-electron chi connectivity index (χ2n) is 3.79. The van der Waals surface area contributed by atoms with E-state index in [1.807, 2.05) is 0 Å². The van der Waals surface area contributed by atoms with E-state index in [0.717, 1.165) is 6.08 Å². The van der Waals surface area contributed by atoms with Gasteiger partial charge in [-0.25, -0.2) is 9.78 Å². The summed E-state index contributed by atoms with van der Waals surface area (Å²) < 4.78 is 4.86. The van der Waals surface area contributed by atoms with Crippen LogP contribution in [0.5, 0.6) is 0 Å². The first-order valence-electron chi connectivity index (χ1n) is 5.77. The fourth-order valence-electron chi connectivity index (χ4n) is 1.37. The topological polar surface area (TPSA) is 88.5 Å². The van der Waals surface area contributed by atoms with Crippen molar-refractivity contribution in [1.82, 2.24) is 4.98 Å². The lowest BCUT2D eigenvalue weighted by Crippen LogP contribution is -2.13. The average molecular weight is 264 g/mol. The minimum atomic E-state index is -1.03. The quantitative estimate of drug-likeness (QED) is 0.576. The minimum Gasteiger partial charge on any atom is -0.478 e. The molecular formula is C13H16N2O4.